The minimum Gasteiger partial charge on any atom is -0.481 e. The Hall–Kier alpha value is -3.83. The van der Waals surface area contributed by atoms with Crippen molar-refractivity contribution < 1.29 is 29.0 Å². The van der Waals surface area contributed by atoms with Crippen LogP contribution in [0, 0.1) is 12.3 Å². The molecule has 1 aliphatic heterocycles. The molecule has 2 aromatic rings. The van der Waals surface area contributed by atoms with Crippen LogP contribution in [-0.2, 0) is 19.1 Å². The van der Waals surface area contributed by atoms with E-state index in [2.05, 4.69) is 23.4 Å². The summed E-state index contributed by atoms with van der Waals surface area (Å²) in [7, 11) is 0. The summed E-state index contributed by atoms with van der Waals surface area (Å²) in [5.41, 5.74) is 4.42. The van der Waals surface area contributed by atoms with E-state index in [4.69, 9.17) is 21.0 Å². The number of hydrogen-bond acceptors (Lipinski definition) is 5. The predicted molar refractivity (Wildman–Crippen MR) is 124 cm³/mol. The number of carboxylic acid groups (broad SMARTS) is 1. The highest BCUT2D eigenvalue weighted by atomic mass is 16.5. The van der Waals surface area contributed by atoms with E-state index in [0.717, 1.165) is 22.3 Å². The molecular weight excluding hydrogens is 436 g/mol. The molecule has 2 atom stereocenters. The highest BCUT2D eigenvalue weighted by Gasteiger charge is 2.32. The highest BCUT2D eigenvalue weighted by molar-refractivity contribution is 5.86. The number of nitrogens with one attached hydrogen (secondary N) is 1. The van der Waals surface area contributed by atoms with Gasteiger partial charge in [0, 0.05) is 25.4 Å². The van der Waals surface area contributed by atoms with Gasteiger partial charge in [-0.1, -0.05) is 48.5 Å². The van der Waals surface area contributed by atoms with Gasteiger partial charge < -0.3 is 24.8 Å². The molecule has 0 radical (unpaired) electrons. The van der Waals surface area contributed by atoms with Crippen LogP contribution in [0.2, 0.25) is 0 Å². The van der Waals surface area contributed by atoms with Gasteiger partial charge in [0.2, 0.25) is 5.91 Å². The number of morpholine rings is 1. The maximum Gasteiger partial charge on any atom is 0.407 e. The lowest BCUT2D eigenvalue weighted by atomic mass is 9.98. The second kappa shape index (κ2) is 10.4. The Bertz CT molecular complexity index is 1080. The minimum atomic E-state index is -1.00. The number of fused-ring (bicyclic) bond motifs is 3. The molecule has 0 aromatic heterocycles. The Balaban J connectivity index is 1.39. The fraction of sp³-hybridized carbons (Fsp3) is 0.346. The van der Waals surface area contributed by atoms with Crippen LogP contribution in [0.5, 0.6) is 0 Å². The van der Waals surface area contributed by atoms with E-state index in [0.29, 0.717) is 6.54 Å². The molecule has 34 heavy (non-hydrogen) atoms. The first-order valence-electron chi connectivity index (χ1n) is 11.1. The second-order valence-corrected chi connectivity index (χ2v) is 8.31. The van der Waals surface area contributed by atoms with E-state index in [1.165, 1.54) is 4.90 Å². The van der Waals surface area contributed by atoms with Crippen LogP contribution in [0.4, 0.5) is 4.79 Å². The summed E-state index contributed by atoms with van der Waals surface area (Å²) < 4.78 is 11.0. The molecule has 2 amide bonds. The Kier molecular flexibility index (Phi) is 7.14. The standard InChI is InChI=1S/C26H26N2O6/c1-2-7-23(25(31)28-12-13-33-17(15-28)14-24(29)30)27-26(32)34-16-22-20-10-5-3-8-18(20)19-9-4-6-11-21(19)22/h1,3-6,8-11,17,22-23H,7,12-16H2,(H,27,32)(H,29,30). The number of carbonyl (C=O) groups excluding carboxylic acids is 2. The van der Waals surface area contributed by atoms with E-state index < -0.39 is 24.2 Å². The summed E-state index contributed by atoms with van der Waals surface area (Å²) in [6.45, 7) is 0.757. The van der Waals surface area contributed by atoms with Crippen LogP contribution >= 0.6 is 0 Å². The smallest absolute Gasteiger partial charge is 0.407 e. The van der Waals surface area contributed by atoms with Gasteiger partial charge in [0.05, 0.1) is 19.1 Å². The van der Waals surface area contributed by atoms with Crippen molar-refractivity contribution in [2.75, 3.05) is 26.3 Å². The number of amides is 2. The molecule has 0 bridgehead atoms. The van der Waals surface area contributed by atoms with Gasteiger partial charge >= 0.3 is 12.1 Å². The van der Waals surface area contributed by atoms with E-state index in [-0.39, 0.29) is 44.4 Å². The highest BCUT2D eigenvalue weighted by Crippen LogP contribution is 2.44. The SMILES string of the molecule is C#CCC(NC(=O)OCC1c2ccccc2-c2ccccc21)C(=O)N1CCOC(CC(=O)O)C1. The lowest BCUT2D eigenvalue weighted by Gasteiger charge is -2.34. The quantitative estimate of drug-likeness (QED) is 0.613. The fourth-order valence-electron chi connectivity index (χ4n) is 4.56. The number of aliphatic carboxylic acids is 1. The van der Waals surface area contributed by atoms with Crippen LogP contribution < -0.4 is 5.32 Å². The van der Waals surface area contributed by atoms with Crippen molar-refractivity contribution in [2.45, 2.75) is 30.9 Å². The second-order valence-electron chi connectivity index (χ2n) is 8.31. The van der Waals surface area contributed by atoms with Gasteiger partial charge in [-0.3, -0.25) is 9.59 Å². The van der Waals surface area contributed by atoms with Crippen LogP contribution in [-0.4, -0.2) is 66.4 Å². The molecule has 8 nitrogen and oxygen atoms in total. The molecule has 2 unspecified atom stereocenters. The third-order valence-electron chi connectivity index (χ3n) is 6.11. The number of carbonyl (C=O) groups is 3. The molecule has 8 heteroatoms. The maximum atomic E-state index is 13.0. The van der Waals surface area contributed by atoms with Crippen molar-refractivity contribution in [2.24, 2.45) is 0 Å². The number of benzene rings is 2. The monoisotopic (exact) mass is 462 g/mol. The third-order valence-corrected chi connectivity index (χ3v) is 6.11. The van der Waals surface area contributed by atoms with Gasteiger partial charge in [-0.15, -0.1) is 12.3 Å². The van der Waals surface area contributed by atoms with Crippen LogP contribution in [0.1, 0.15) is 29.9 Å². The number of carboxylic acids is 1. The van der Waals surface area contributed by atoms with Crippen molar-refractivity contribution >= 4 is 18.0 Å². The summed E-state index contributed by atoms with van der Waals surface area (Å²) in [4.78, 5) is 38.1. The first-order valence-corrected chi connectivity index (χ1v) is 11.1. The largest absolute Gasteiger partial charge is 0.481 e. The summed E-state index contributed by atoms with van der Waals surface area (Å²) in [6.07, 6.45) is 3.88. The summed E-state index contributed by atoms with van der Waals surface area (Å²) in [6, 6.07) is 15.1. The first kappa shape index (κ1) is 23.3. The van der Waals surface area contributed by atoms with Gasteiger partial charge in [0.15, 0.2) is 0 Å². The van der Waals surface area contributed by atoms with Crippen LogP contribution in [0.25, 0.3) is 11.1 Å². The Morgan fingerprint density at radius 1 is 1.15 bits per heavy atom. The fourth-order valence-corrected chi connectivity index (χ4v) is 4.56. The molecule has 4 rings (SSSR count). The van der Waals surface area contributed by atoms with E-state index in [9.17, 15) is 14.4 Å². The molecule has 1 saturated heterocycles. The van der Waals surface area contributed by atoms with E-state index in [1.54, 1.807) is 0 Å². The predicted octanol–water partition coefficient (Wildman–Crippen LogP) is 2.62. The molecule has 176 valence electrons. The molecule has 0 spiro atoms. The number of alkyl carbamates (subject to hydrolysis) is 1. The lowest BCUT2D eigenvalue weighted by Crippen LogP contribution is -2.54. The maximum absolute atomic E-state index is 13.0. The van der Waals surface area contributed by atoms with Crippen LogP contribution in [0.3, 0.4) is 0 Å². The van der Waals surface area contributed by atoms with E-state index in [1.807, 2.05) is 36.4 Å². The molecule has 2 aliphatic rings. The average Bonchev–Trinajstić information content (AvgIpc) is 3.15. The molecule has 2 N–H and O–H groups in total. The average molecular weight is 463 g/mol. The first-order chi connectivity index (χ1) is 16.5. The Morgan fingerprint density at radius 3 is 2.41 bits per heavy atom. The molecule has 1 aliphatic carbocycles. The number of terminal acetylenes is 1. The number of hydrogen-bond donors (Lipinski definition) is 2. The Morgan fingerprint density at radius 2 is 1.79 bits per heavy atom. The molecule has 1 fully saturated rings. The van der Waals surface area contributed by atoms with Crippen LogP contribution in [0.15, 0.2) is 48.5 Å². The zero-order valence-corrected chi connectivity index (χ0v) is 18.6. The van der Waals surface area contributed by atoms with Gasteiger partial charge in [-0.2, -0.15) is 0 Å². The van der Waals surface area contributed by atoms with Gasteiger partial charge in [-0.25, -0.2) is 4.79 Å². The number of nitrogens with zero attached hydrogens (tertiary/aromatic N) is 1. The summed E-state index contributed by atoms with van der Waals surface area (Å²) >= 11 is 0. The van der Waals surface area contributed by atoms with E-state index >= 15 is 0 Å². The molecule has 1 heterocycles. The third kappa shape index (κ3) is 5.05. The summed E-state index contributed by atoms with van der Waals surface area (Å²) in [5, 5.41) is 11.6. The van der Waals surface area contributed by atoms with Crippen molar-refractivity contribution in [3.63, 3.8) is 0 Å². The van der Waals surface area contributed by atoms with Crippen molar-refractivity contribution in [3.8, 4) is 23.5 Å². The Labute approximate surface area is 197 Å². The summed E-state index contributed by atoms with van der Waals surface area (Å²) in [5.74, 6) is 0.928. The number of ether oxygens (including phenoxy) is 2. The van der Waals surface area contributed by atoms with Crippen molar-refractivity contribution in [1.29, 1.82) is 0 Å². The minimum absolute atomic E-state index is 0.00994. The topological polar surface area (TPSA) is 105 Å². The normalized spacial score (nSPS) is 17.7. The molecular formula is C26H26N2O6. The molecule has 2 aromatic carbocycles. The zero-order chi connectivity index (χ0) is 24.1. The lowest BCUT2D eigenvalue weighted by molar-refractivity contribution is -0.148. The number of rotatable bonds is 7. The van der Waals surface area contributed by atoms with Crippen molar-refractivity contribution in [1.82, 2.24) is 10.2 Å². The molecule has 0 saturated carbocycles. The zero-order valence-electron chi connectivity index (χ0n) is 18.6. The van der Waals surface area contributed by atoms with Gasteiger partial charge in [0.1, 0.15) is 12.6 Å². The van der Waals surface area contributed by atoms with Gasteiger partial charge in [0.25, 0.3) is 0 Å². The van der Waals surface area contributed by atoms with Gasteiger partial charge in [-0.05, 0) is 22.3 Å². The van der Waals surface area contributed by atoms with Crippen molar-refractivity contribution in [3.05, 3.63) is 59.7 Å².